The molecule has 1 unspecified atom stereocenters. The van der Waals surface area contributed by atoms with Gasteiger partial charge in [0.15, 0.2) is 0 Å². The highest BCUT2D eigenvalue weighted by molar-refractivity contribution is 4.73. The summed E-state index contributed by atoms with van der Waals surface area (Å²) in [5, 5.41) is 9.84. The smallest absolute Gasteiger partial charge is 0.0600 e. The zero-order valence-electron chi connectivity index (χ0n) is 10.7. The largest absolute Gasteiger partial charge is 0.393 e. The van der Waals surface area contributed by atoms with Gasteiger partial charge in [-0.1, -0.05) is 34.6 Å². The summed E-state index contributed by atoms with van der Waals surface area (Å²) in [6.45, 7) is 12.8. The van der Waals surface area contributed by atoms with E-state index in [9.17, 15) is 5.11 Å². The molecule has 0 saturated carbocycles. The van der Waals surface area contributed by atoms with Gasteiger partial charge in [-0.25, -0.2) is 0 Å². The highest BCUT2D eigenvalue weighted by Gasteiger charge is 2.21. The van der Waals surface area contributed by atoms with Gasteiger partial charge in [-0.05, 0) is 24.8 Å². The molecule has 0 heterocycles. The van der Waals surface area contributed by atoms with E-state index in [1.165, 1.54) is 0 Å². The first kappa shape index (κ1) is 13.9. The van der Waals surface area contributed by atoms with E-state index in [0.29, 0.717) is 5.92 Å². The van der Waals surface area contributed by atoms with Crippen LogP contribution in [0.5, 0.6) is 0 Å². The Balaban J connectivity index is 3.72. The first-order valence-electron chi connectivity index (χ1n) is 5.60. The van der Waals surface area contributed by atoms with Crippen molar-refractivity contribution in [3.8, 4) is 0 Å². The number of aliphatic hydroxyl groups excluding tert-OH is 1. The van der Waals surface area contributed by atoms with Crippen LogP contribution in [0.2, 0.25) is 0 Å². The zero-order chi connectivity index (χ0) is 11.4. The fourth-order valence-electron chi connectivity index (χ4n) is 1.49. The van der Waals surface area contributed by atoms with Crippen molar-refractivity contribution in [2.45, 2.75) is 47.1 Å². The Morgan fingerprint density at radius 1 is 1.21 bits per heavy atom. The van der Waals surface area contributed by atoms with Gasteiger partial charge in [-0.15, -0.1) is 0 Å². The van der Waals surface area contributed by atoms with Crippen LogP contribution in [-0.2, 0) is 0 Å². The molecule has 0 aliphatic carbocycles. The van der Waals surface area contributed by atoms with Gasteiger partial charge in [0.05, 0.1) is 6.10 Å². The van der Waals surface area contributed by atoms with E-state index < -0.39 is 0 Å². The topological polar surface area (TPSA) is 23.5 Å². The van der Waals surface area contributed by atoms with Crippen molar-refractivity contribution in [3.05, 3.63) is 0 Å². The zero-order valence-corrected chi connectivity index (χ0v) is 10.7. The van der Waals surface area contributed by atoms with Gasteiger partial charge in [-0.2, -0.15) is 0 Å². The Morgan fingerprint density at radius 2 is 1.71 bits per heavy atom. The standard InChI is InChI=1S/C12H27NO/c1-10(2)9-13(6)8-7-11(14)12(3,4)5/h10-11,14H,7-9H2,1-6H3. The second-order valence-corrected chi connectivity index (χ2v) is 5.83. The molecule has 2 heteroatoms. The number of nitrogens with zero attached hydrogens (tertiary/aromatic N) is 1. The van der Waals surface area contributed by atoms with Crippen molar-refractivity contribution >= 4 is 0 Å². The van der Waals surface area contributed by atoms with Gasteiger partial charge in [0, 0.05) is 13.1 Å². The fourth-order valence-corrected chi connectivity index (χ4v) is 1.49. The Labute approximate surface area is 89.3 Å². The van der Waals surface area contributed by atoms with E-state index in [4.69, 9.17) is 0 Å². The van der Waals surface area contributed by atoms with Crippen LogP contribution in [0.15, 0.2) is 0 Å². The molecule has 0 saturated heterocycles. The summed E-state index contributed by atoms with van der Waals surface area (Å²) in [7, 11) is 2.12. The summed E-state index contributed by atoms with van der Waals surface area (Å²) in [5.41, 5.74) is 0.0126. The fraction of sp³-hybridized carbons (Fsp3) is 1.00. The second-order valence-electron chi connectivity index (χ2n) is 5.83. The summed E-state index contributed by atoms with van der Waals surface area (Å²) in [6, 6.07) is 0. The average Bonchev–Trinajstić information content (AvgIpc) is 1.96. The van der Waals surface area contributed by atoms with E-state index in [2.05, 4.69) is 46.6 Å². The minimum Gasteiger partial charge on any atom is -0.393 e. The molecule has 0 aliphatic rings. The van der Waals surface area contributed by atoms with Crippen molar-refractivity contribution in [1.82, 2.24) is 4.90 Å². The molecule has 0 amide bonds. The average molecular weight is 201 g/mol. The molecule has 1 N–H and O–H groups in total. The molecule has 0 rings (SSSR count). The molecule has 0 radical (unpaired) electrons. The predicted octanol–water partition coefficient (Wildman–Crippen LogP) is 2.37. The first-order valence-corrected chi connectivity index (χ1v) is 5.60. The lowest BCUT2D eigenvalue weighted by atomic mass is 9.87. The van der Waals surface area contributed by atoms with Gasteiger partial charge in [0.25, 0.3) is 0 Å². The quantitative estimate of drug-likeness (QED) is 0.738. The van der Waals surface area contributed by atoms with E-state index in [0.717, 1.165) is 19.5 Å². The third-order valence-corrected chi connectivity index (χ3v) is 2.46. The van der Waals surface area contributed by atoms with Crippen LogP contribution in [0, 0.1) is 11.3 Å². The third-order valence-electron chi connectivity index (χ3n) is 2.46. The first-order chi connectivity index (χ1) is 6.23. The van der Waals surface area contributed by atoms with Gasteiger partial charge >= 0.3 is 0 Å². The maximum Gasteiger partial charge on any atom is 0.0600 e. The second kappa shape index (κ2) is 5.72. The Hall–Kier alpha value is -0.0800. The Morgan fingerprint density at radius 3 is 2.07 bits per heavy atom. The van der Waals surface area contributed by atoms with E-state index in [1.54, 1.807) is 0 Å². The molecule has 1 atom stereocenters. The summed E-state index contributed by atoms with van der Waals surface area (Å²) in [4.78, 5) is 2.29. The van der Waals surface area contributed by atoms with E-state index >= 15 is 0 Å². The molecule has 0 spiro atoms. The molecule has 14 heavy (non-hydrogen) atoms. The lowest BCUT2D eigenvalue weighted by molar-refractivity contribution is 0.0471. The van der Waals surface area contributed by atoms with Gasteiger partial charge in [0.1, 0.15) is 0 Å². The van der Waals surface area contributed by atoms with E-state index in [1.807, 2.05) is 0 Å². The predicted molar refractivity (Wildman–Crippen MR) is 62.4 cm³/mol. The monoisotopic (exact) mass is 201 g/mol. The number of hydrogen-bond donors (Lipinski definition) is 1. The van der Waals surface area contributed by atoms with Crippen molar-refractivity contribution in [3.63, 3.8) is 0 Å². The minimum atomic E-state index is -0.197. The van der Waals surface area contributed by atoms with Crippen LogP contribution in [0.25, 0.3) is 0 Å². The lowest BCUT2D eigenvalue weighted by Crippen LogP contribution is -2.32. The summed E-state index contributed by atoms with van der Waals surface area (Å²) < 4.78 is 0. The van der Waals surface area contributed by atoms with Crippen molar-refractivity contribution in [1.29, 1.82) is 0 Å². The summed E-state index contributed by atoms with van der Waals surface area (Å²) in [6.07, 6.45) is 0.671. The lowest BCUT2D eigenvalue weighted by Gasteiger charge is -2.28. The molecule has 86 valence electrons. The normalized spacial score (nSPS) is 15.2. The molecule has 2 nitrogen and oxygen atoms in total. The van der Waals surface area contributed by atoms with Crippen molar-refractivity contribution in [2.24, 2.45) is 11.3 Å². The van der Waals surface area contributed by atoms with Gasteiger partial charge in [0.2, 0.25) is 0 Å². The summed E-state index contributed by atoms with van der Waals surface area (Å²) in [5.74, 6) is 0.701. The van der Waals surface area contributed by atoms with Crippen molar-refractivity contribution in [2.75, 3.05) is 20.1 Å². The van der Waals surface area contributed by atoms with Crippen LogP contribution in [0.4, 0.5) is 0 Å². The van der Waals surface area contributed by atoms with Crippen LogP contribution in [0.1, 0.15) is 41.0 Å². The maximum atomic E-state index is 9.84. The molecule has 0 fully saturated rings. The van der Waals surface area contributed by atoms with Crippen LogP contribution in [-0.4, -0.2) is 36.2 Å². The molecule has 0 aromatic carbocycles. The highest BCUT2D eigenvalue weighted by Crippen LogP contribution is 2.21. The van der Waals surface area contributed by atoms with Gasteiger partial charge < -0.3 is 10.0 Å². The maximum absolute atomic E-state index is 9.84. The molecular formula is C12H27NO. The SMILES string of the molecule is CC(C)CN(C)CCC(O)C(C)(C)C. The minimum absolute atomic E-state index is 0.0126. The van der Waals surface area contributed by atoms with Crippen LogP contribution in [0.3, 0.4) is 0 Å². The number of hydrogen-bond acceptors (Lipinski definition) is 2. The number of aliphatic hydroxyl groups is 1. The highest BCUT2D eigenvalue weighted by atomic mass is 16.3. The van der Waals surface area contributed by atoms with Gasteiger partial charge in [-0.3, -0.25) is 0 Å². The molecule has 0 aromatic heterocycles. The Kier molecular flexibility index (Phi) is 5.68. The Bertz CT molecular complexity index is 149. The van der Waals surface area contributed by atoms with Crippen LogP contribution >= 0.6 is 0 Å². The molecule has 0 aliphatic heterocycles. The third kappa shape index (κ3) is 6.39. The summed E-state index contributed by atoms with van der Waals surface area (Å²) >= 11 is 0. The van der Waals surface area contributed by atoms with Crippen LogP contribution < -0.4 is 0 Å². The molecule has 0 aromatic rings. The van der Waals surface area contributed by atoms with E-state index in [-0.39, 0.29) is 11.5 Å². The molecular weight excluding hydrogens is 174 g/mol. The number of rotatable bonds is 5. The van der Waals surface area contributed by atoms with Crippen molar-refractivity contribution < 1.29 is 5.11 Å². The molecule has 0 bridgehead atoms.